The zero-order chi connectivity index (χ0) is 37.9. The first-order valence-corrected chi connectivity index (χ1v) is 20.9. The van der Waals surface area contributed by atoms with Crippen LogP contribution >= 0.6 is 0 Å². The second-order valence-electron chi connectivity index (χ2n) is 16.1. The second kappa shape index (κ2) is 18.4. The van der Waals surface area contributed by atoms with E-state index < -0.39 is 31.8 Å². The molecule has 0 saturated carbocycles. The summed E-state index contributed by atoms with van der Waals surface area (Å²) in [5, 5.41) is 16.6. The lowest BCUT2D eigenvalue weighted by Gasteiger charge is -2.44. The lowest BCUT2D eigenvalue weighted by molar-refractivity contribution is -0.137. The summed E-state index contributed by atoms with van der Waals surface area (Å²) in [5.74, 6) is 0.933. The van der Waals surface area contributed by atoms with E-state index in [2.05, 4.69) is 97.1 Å². The normalized spacial score (nSPS) is 23.2. The monoisotopic (exact) mass is 723 g/mol. The molecule has 2 aromatic rings. The Morgan fingerprint density at radius 2 is 1.60 bits per heavy atom. The largest absolute Gasteiger partial charge is 0.405 e. The molecule has 1 fully saturated rings. The van der Waals surface area contributed by atoms with Crippen molar-refractivity contribution in [2.24, 2.45) is 17.8 Å². The Balaban J connectivity index is 1.47. The molecule has 0 bridgehead atoms. The molecule has 2 N–H and O–H groups in total. The third-order valence-electron chi connectivity index (χ3n) is 10.4. The standard InChI is InChI=1S/C45H61NO5Si/c1-9-33(2)28-35(4)30-36(5)29-34(3)20-14-10-11-19-25-42(48)46-37(31-45(49)41(47)27-26-40-43(45)51-40)32-50-52(44(6,7)8,38-21-15-12-16-22-38)39-23-17-13-18-24-39/h10-28,33-34,36-37,40,43,49H,9,29-32H2,1-8H3,(H,46,48)/b11-10+,20-14+,25-19+,35-28+/t33-,34+,36+,37+,40+,43+,45-/m1/s1. The third kappa shape index (κ3) is 10.7. The van der Waals surface area contributed by atoms with Gasteiger partial charge in [-0.25, -0.2) is 0 Å². The third-order valence-corrected chi connectivity index (χ3v) is 15.4. The van der Waals surface area contributed by atoms with Crippen LogP contribution in [0.25, 0.3) is 0 Å². The predicted molar refractivity (Wildman–Crippen MR) is 216 cm³/mol. The zero-order valence-corrected chi connectivity index (χ0v) is 33.5. The molecule has 4 rings (SSSR count). The maximum atomic E-state index is 13.4. The first-order chi connectivity index (χ1) is 24.7. The Hall–Kier alpha value is -3.62. The van der Waals surface area contributed by atoms with E-state index in [0.717, 1.165) is 23.2 Å². The number of benzene rings is 2. The van der Waals surface area contributed by atoms with E-state index >= 15 is 0 Å². The Labute approximate surface area is 313 Å². The number of hydrogen-bond acceptors (Lipinski definition) is 5. The molecule has 1 aliphatic carbocycles. The summed E-state index contributed by atoms with van der Waals surface area (Å²) in [6.45, 7) is 18.0. The molecule has 1 aliphatic heterocycles. The summed E-state index contributed by atoms with van der Waals surface area (Å²) in [6.07, 6.45) is 19.1. The first-order valence-electron chi connectivity index (χ1n) is 19.0. The number of epoxide rings is 1. The van der Waals surface area contributed by atoms with E-state index in [1.807, 2.05) is 54.6 Å². The quantitative estimate of drug-likeness (QED) is 0.0540. The topological polar surface area (TPSA) is 88.2 Å². The smallest absolute Gasteiger partial charge is 0.261 e. The van der Waals surface area contributed by atoms with Crippen LogP contribution in [0, 0.1) is 17.8 Å². The zero-order valence-electron chi connectivity index (χ0n) is 32.5. The fraction of sp³-hybridized carbons (Fsp3) is 0.467. The summed E-state index contributed by atoms with van der Waals surface area (Å²) in [6, 6.07) is 19.9. The number of carbonyl (C=O) groups is 2. The SMILES string of the molecule is CC[C@@H](C)/C=C(\C)C[C@@H](C)C[C@@H](C)/C=C/C=C/C=C/C(=O)N[C@H](CO[Si](c1ccccc1)(c1ccccc1)C(C)(C)C)C[C@@]1(O)C(=O)C=C[C@@H]2O[C@@H]21. The highest BCUT2D eigenvalue weighted by molar-refractivity contribution is 6.99. The van der Waals surface area contributed by atoms with Crippen molar-refractivity contribution in [2.75, 3.05) is 6.61 Å². The molecule has 0 aromatic heterocycles. The summed E-state index contributed by atoms with van der Waals surface area (Å²) < 4.78 is 12.8. The highest BCUT2D eigenvalue weighted by Gasteiger charge is 2.60. The molecule has 7 heteroatoms. The van der Waals surface area contributed by atoms with Gasteiger partial charge in [0.1, 0.15) is 12.2 Å². The minimum Gasteiger partial charge on any atom is -0.405 e. The van der Waals surface area contributed by atoms with E-state index in [4.69, 9.17) is 9.16 Å². The number of nitrogens with one attached hydrogen (secondary N) is 1. The molecule has 1 amide bonds. The van der Waals surface area contributed by atoms with Crippen LogP contribution in [0.15, 0.2) is 121 Å². The van der Waals surface area contributed by atoms with Gasteiger partial charge in [-0.3, -0.25) is 9.59 Å². The average Bonchev–Trinajstić information content (AvgIpc) is 3.90. The van der Waals surface area contributed by atoms with Crippen LogP contribution in [0.3, 0.4) is 0 Å². The fourth-order valence-electron chi connectivity index (χ4n) is 7.64. The van der Waals surface area contributed by atoms with Crippen LogP contribution in [-0.2, 0) is 18.8 Å². The van der Waals surface area contributed by atoms with Gasteiger partial charge in [0.05, 0.1) is 12.6 Å². The van der Waals surface area contributed by atoms with E-state index in [1.165, 1.54) is 24.1 Å². The van der Waals surface area contributed by atoms with Crippen LogP contribution in [0.5, 0.6) is 0 Å². The number of rotatable bonds is 18. The van der Waals surface area contributed by atoms with Crippen LogP contribution in [0.1, 0.15) is 81.1 Å². The van der Waals surface area contributed by atoms with Crippen LogP contribution in [0.4, 0.5) is 0 Å². The van der Waals surface area contributed by atoms with Crippen LogP contribution in [0.2, 0.25) is 5.04 Å². The first kappa shape index (κ1) is 41.1. The maximum absolute atomic E-state index is 13.4. The Bertz CT molecular complexity index is 1580. The van der Waals surface area contributed by atoms with Gasteiger partial charge in [-0.05, 0) is 65.1 Å². The van der Waals surface area contributed by atoms with Crippen molar-refractivity contribution in [1.29, 1.82) is 0 Å². The summed E-state index contributed by atoms with van der Waals surface area (Å²) in [5.41, 5.74) is -0.281. The lowest BCUT2D eigenvalue weighted by atomic mass is 9.82. The minimum atomic E-state index is -2.96. The van der Waals surface area contributed by atoms with Gasteiger partial charge in [0.25, 0.3) is 8.32 Å². The highest BCUT2D eigenvalue weighted by atomic mass is 28.4. The predicted octanol–water partition coefficient (Wildman–Crippen LogP) is 7.79. The Kier molecular flexibility index (Phi) is 14.6. The van der Waals surface area contributed by atoms with Crippen molar-refractivity contribution < 1.29 is 23.9 Å². The molecule has 7 atom stereocenters. The summed E-state index contributed by atoms with van der Waals surface area (Å²) >= 11 is 0. The number of amides is 1. The van der Waals surface area contributed by atoms with Crippen LogP contribution in [-0.4, -0.2) is 55.6 Å². The molecular weight excluding hydrogens is 663 g/mol. The molecule has 0 radical (unpaired) electrons. The number of aliphatic hydroxyl groups is 1. The van der Waals surface area contributed by atoms with Gasteiger partial charge >= 0.3 is 0 Å². The molecule has 0 unspecified atom stereocenters. The van der Waals surface area contributed by atoms with Gasteiger partial charge in [0.15, 0.2) is 11.4 Å². The molecule has 280 valence electrons. The van der Waals surface area contributed by atoms with Gasteiger partial charge in [-0.1, -0.05) is 158 Å². The van der Waals surface area contributed by atoms with Crippen molar-refractivity contribution in [3.8, 4) is 0 Å². The number of fused-ring (bicyclic) bond motifs is 1. The number of ether oxygens (including phenoxy) is 1. The van der Waals surface area contributed by atoms with Crippen molar-refractivity contribution in [1.82, 2.24) is 5.32 Å². The lowest BCUT2D eigenvalue weighted by Crippen LogP contribution is -2.67. The van der Waals surface area contributed by atoms with Crippen LogP contribution < -0.4 is 15.7 Å². The van der Waals surface area contributed by atoms with Gasteiger partial charge in [-0.2, -0.15) is 0 Å². The Morgan fingerprint density at radius 3 is 2.19 bits per heavy atom. The highest BCUT2D eigenvalue weighted by Crippen LogP contribution is 2.41. The number of carbonyl (C=O) groups excluding carboxylic acids is 2. The van der Waals surface area contributed by atoms with Crippen molar-refractivity contribution >= 4 is 30.4 Å². The van der Waals surface area contributed by atoms with E-state index in [-0.39, 0.29) is 30.1 Å². The fourth-order valence-corrected chi connectivity index (χ4v) is 12.3. The van der Waals surface area contributed by atoms with E-state index in [9.17, 15) is 14.7 Å². The van der Waals surface area contributed by atoms with E-state index in [1.54, 1.807) is 12.2 Å². The van der Waals surface area contributed by atoms with Gasteiger partial charge in [-0.15, -0.1) is 0 Å². The number of ketones is 1. The molecule has 52 heavy (non-hydrogen) atoms. The van der Waals surface area contributed by atoms with Gasteiger partial charge < -0.3 is 19.6 Å². The molecular formula is C45H61NO5Si. The van der Waals surface area contributed by atoms with Crippen molar-refractivity contribution in [2.45, 2.75) is 110 Å². The Morgan fingerprint density at radius 1 is 0.981 bits per heavy atom. The molecule has 1 saturated heterocycles. The summed E-state index contributed by atoms with van der Waals surface area (Å²) in [4.78, 5) is 26.4. The average molecular weight is 724 g/mol. The molecule has 6 nitrogen and oxygen atoms in total. The second-order valence-corrected chi connectivity index (χ2v) is 20.4. The molecule has 0 spiro atoms. The van der Waals surface area contributed by atoms with Crippen molar-refractivity contribution in [3.63, 3.8) is 0 Å². The minimum absolute atomic E-state index is 0.0308. The number of allylic oxidation sites excluding steroid dienone is 7. The maximum Gasteiger partial charge on any atom is 0.261 e. The van der Waals surface area contributed by atoms with E-state index in [0.29, 0.717) is 17.8 Å². The van der Waals surface area contributed by atoms with Gasteiger partial charge in [0, 0.05) is 12.5 Å². The number of hydrogen-bond donors (Lipinski definition) is 2. The molecule has 1 heterocycles. The van der Waals surface area contributed by atoms with Gasteiger partial charge in [0.2, 0.25) is 5.91 Å². The molecule has 2 aliphatic rings. The summed E-state index contributed by atoms with van der Waals surface area (Å²) in [7, 11) is -2.96. The molecule has 2 aromatic carbocycles. The van der Waals surface area contributed by atoms with Crippen molar-refractivity contribution in [3.05, 3.63) is 121 Å².